The van der Waals surface area contributed by atoms with Gasteiger partial charge in [0.2, 0.25) is 0 Å². The van der Waals surface area contributed by atoms with Gasteiger partial charge in [0.15, 0.2) is 0 Å². The van der Waals surface area contributed by atoms with Crippen molar-refractivity contribution in [3.63, 3.8) is 0 Å². The number of aromatic nitrogens is 2. The van der Waals surface area contributed by atoms with Crippen LogP contribution in [0.2, 0.25) is 0 Å². The second-order valence-electron chi connectivity index (χ2n) is 4.49. The fourth-order valence-electron chi connectivity index (χ4n) is 2.06. The SMILES string of the molecule is CCCOCC(NCC)c1ccc2nccnc2c1. The lowest BCUT2D eigenvalue weighted by molar-refractivity contribution is 0.112. The van der Waals surface area contributed by atoms with Crippen LogP contribution in [0.3, 0.4) is 0 Å². The van der Waals surface area contributed by atoms with E-state index < -0.39 is 0 Å². The zero-order valence-corrected chi connectivity index (χ0v) is 11.6. The first-order valence-electron chi connectivity index (χ1n) is 6.87. The molecule has 0 radical (unpaired) electrons. The third-order valence-corrected chi connectivity index (χ3v) is 2.98. The molecule has 0 aliphatic heterocycles. The summed E-state index contributed by atoms with van der Waals surface area (Å²) in [5, 5.41) is 3.45. The number of hydrogen-bond acceptors (Lipinski definition) is 4. The molecule has 1 atom stereocenters. The van der Waals surface area contributed by atoms with Crippen LogP contribution >= 0.6 is 0 Å². The lowest BCUT2D eigenvalue weighted by atomic mass is 10.1. The van der Waals surface area contributed by atoms with E-state index in [2.05, 4.69) is 41.3 Å². The van der Waals surface area contributed by atoms with Gasteiger partial charge in [-0.05, 0) is 30.7 Å². The summed E-state index contributed by atoms with van der Waals surface area (Å²) in [7, 11) is 0. The van der Waals surface area contributed by atoms with Gasteiger partial charge >= 0.3 is 0 Å². The minimum Gasteiger partial charge on any atom is -0.379 e. The highest BCUT2D eigenvalue weighted by atomic mass is 16.5. The van der Waals surface area contributed by atoms with Crippen LogP contribution in [0.5, 0.6) is 0 Å². The van der Waals surface area contributed by atoms with Gasteiger partial charge in [0, 0.05) is 19.0 Å². The summed E-state index contributed by atoms with van der Waals surface area (Å²) in [6.07, 6.45) is 4.48. The quantitative estimate of drug-likeness (QED) is 0.777. The van der Waals surface area contributed by atoms with Crippen molar-refractivity contribution < 1.29 is 4.74 Å². The van der Waals surface area contributed by atoms with Crippen LogP contribution in [0.25, 0.3) is 11.0 Å². The van der Waals surface area contributed by atoms with Crippen molar-refractivity contribution in [1.82, 2.24) is 15.3 Å². The second-order valence-corrected chi connectivity index (χ2v) is 4.49. The fraction of sp³-hybridized carbons (Fsp3) is 0.467. The summed E-state index contributed by atoms with van der Waals surface area (Å²) < 4.78 is 5.67. The Kier molecular flexibility index (Phi) is 5.24. The summed E-state index contributed by atoms with van der Waals surface area (Å²) in [6, 6.07) is 6.41. The van der Waals surface area contributed by atoms with E-state index in [0.29, 0.717) is 6.61 Å². The monoisotopic (exact) mass is 259 g/mol. The Morgan fingerprint density at radius 3 is 2.68 bits per heavy atom. The molecule has 0 spiro atoms. The molecule has 1 aromatic heterocycles. The summed E-state index contributed by atoms with van der Waals surface area (Å²) in [6.45, 7) is 6.63. The van der Waals surface area contributed by atoms with Crippen molar-refractivity contribution in [2.45, 2.75) is 26.3 Å². The predicted octanol–water partition coefficient (Wildman–Crippen LogP) is 2.71. The topological polar surface area (TPSA) is 47.0 Å². The molecule has 19 heavy (non-hydrogen) atoms. The molecule has 0 amide bonds. The highest BCUT2D eigenvalue weighted by Crippen LogP contribution is 2.18. The molecule has 0 fully saturated rings. The van der Waals surface area contributed by atoms with E-state index >= 15 is 0 Å². The molecular formula is C15H21N3O. The molecule has 2 rings (SSSR count). The first kappa shape index (κ1) is 13.9. The minimum absolute atomic E-state index is 0.211. The Balaban J connectivity index is 2.17. The standard InChI is InChI=1S/C15H21N3O/c1-3-9-19-11-15(16-4-2)12-5-6-13-14(10-12)18-8-7-17-13/h5-8,10,15-16H,3-4,9,11H2,1-2H3. The molecule has 102 valence electrons. The van der Waals surface area contributed by atoms with E-state index in [9.17, 15) is 0 Å². The molecule has 0 saturated carbocycles. The van der Waals surface area contributed by atoms with Crippen molar-refractivity contribution in [2.24, 2.45) is 0 Å². The summed E-state index contributed by atoms with van der Waals surface area (Å²) in [5.74, 6) is 0. The van der Waals surface area contributed by atoms with Gasteiger partial charge in [-0.15, -0.1) is 0 Å². The Morgan fingerprint density at radius 1 is 1.16 bits per heavy atom. The van der Waals surface area contributed by atoms with E-state index in [1.165, 1.54) is 5.56 Å². The van der Waals surface area contributed by atoms with Crippen LogP contribution in [-0.4, -0.2) is 29.7 Å². The largest absolute Gasteiger partial charge is 0.379 e. The van der Waals surface area contributed by atoms with E-state index in [-0.39, 0.29) is 6.04 Å². The van der Waals surface area contributed by atoms with Crippen LogP contribution < -0.4 is 5.32 Å². The smallest absolute Gasteiger partial charge is 0.0890 e. The normalized spacial score (nSPS) is 12.7. The number of hydrogen-bond donors (Lipinski definition) is 1. The van der Waals surface area contributed by atoms with Gasteiger partial charge in [0.25, 0.3) is 0 Å². The van der Waals surface area contributed by atoms with Crippen LogP contribution in [0, 0.1) is 0 Å². The van der Waals surface area contributed by atoms with E-state index in [1.807, 2.05) is 6.07 Å². The van der Waals surface area contributed by atoms with Gasteiger partial charge in [0.1, 0.15) is 0 Å². The molecule has 1 N–H and O–H groups in total. The number of nitrogens with zero attached hydrogens (tertiary/aromatic N) is 2. The van der Waals surface area contributed by atoms with Crippen molar-refractivity contribution in [3.8, 4) is 0 Å². The molecule has 0 aliphatic carbocycles. The van der Waals surface area contributed by atoms with Gasteiger partial charge < -0.3 is 10.1 Å². The maximum Gasteiger partial charge on any atom is 0.0890 e. The van der Waals surface area contributed by atoms with E-state index in [1.54, 1.807) is 12.4 Å². The number of ether oxygens (including phenoxy) is 1. The van der Waals surface area contributed by atoms with E-state index in [4.69, 9.17) is 4.74 Å². The van der Waals surface area contributed by atoms with Crippen molar-refractivity contribution in [2.75, 3.05) is 19.8 Å². The predicted molar refractivity (Wildman–Crippen MR) is 77.1 cm³/mol. The van der Waals surface area contributed by atoms with Crippen LogP contribution in [0.1, 0.15) is 31.9 Å². The molecule has 1 heterocycles. The molecule has 0 saturated heterocycles. The van der Waals surface area contributed by atoms with Crippen molar-refractivity contribution in [1.29, 1.82) is 0 Å². The molecule has 1 aromatic carbocycles. The van der Waals surface area contributed by atoms with Crippen LogP contribution in [-0.2, 0) is 4.74 Å². The van der Waals surface area contributed by atoms with E-state index in [0.717, 1.165) is 30.6 Å². The molecule has 2 aromatic rings. The Morgan fingerprint density at radius 2 is 1.95 bits per heavy atom. The van der Waals surface area contributed by atoms with Crippen molar-refractivity contribution in [3.05, 3.63) is 36.2 Å². The van der Waals surface area contributed by atoms with Gasteiger partial charge in [-0.2, -0.15) is 0 Å². The Labute approximate surface area is 114 Å². The third kappa shape index (κ3) is 3.72. The molecular weight excluding hydrogens is 238 g/mol. The number of benzene rings is 1. The van der Waals surface area contributed by atoms with Crippen LogP contribution in [0.15, 0.2) is 30.6 Å². The maximum atomic E-state index is 5.67. The van der Waals surface area contributed by atoms with Gasteiger partial charge in [-0.25, -0.2) is 0 Å². The summed E-state index contributed by atoms with van der Waals surface area (Å²) in [4.78, 5) is 8.64. The first-order chi connectivity index (χ1) is 9.35. The summed E-state index contributed by atoms with van der Waals surface area (Å²) in [5.41, 5.74) is 3.06. The number of rotatable bonds is 7. The minimum atomic E-state index is 0.211. The zero-order valence-electron chi connectivity index (χ0n) is 11.6. The van der Waals surface area contributed by atoms with Gasteiger partial charge in [0.05, 0.1) is 23.7 Å². The van der Waals surface area contributed by atoms with Crippen molar-refractivity contribution >= 4 is 11.0 Å². The number of nitrogens with one attached hydrogen (secondary N) is 1. The Hall–Kier alpha value is -1.52. The maximum absolute atomic E-state index is 5.67. The highest BCUT2D eigenvalue weighted by molar-refractivity contribution is 5.74. The molecule has 4 nitrogen and oxygen atoms in total. The van der Waals surface area contributed by atoms with Gasteiger partial charge in [-0.1, -0.05) is 19.9 Å². The molecule has 0 bridgehead atoms. The Bertz CT molecular complexity index is 515. The second kappa shape index (κ2) is 7.16. The lowest BCUT2D eigenvalue weighted by Gasteiger charge is -2.18. The zero-order chi connectivity index (χ0) is 13.5. The molecule has 0 aliphatic rings. The lowest BCUT2D eigenvalue weighted by Crippen LogP contribution is -2.25. The third-order valence-electron chi connectivity index (χ3n) is 2.98. The molecule has 1 unspecified atom stereocenters. The van der Waals surface area contributed by atoms with Gasteiger partial charge in [-0.3, -0.25) is 9.97 Å². The number of likely N-dealkylation sites (N-methyl/N-ethyl adjacent to an activating group) is 1. The van der Waals surface area contributed by atoms with Crippen LogP contribution in [0.4, 0.5) is 0 Å². The summed E-state index contributed by atoms with van der Waals surface area (Å²) >= 11 is 0. The average Bonchev–Trinajstić information content (AvgIpc) is 2.46. The molecule has 4 heteroatoms. The highest BCUT2D eigenvalue weighted by Gasteiger charge is 2.11. The number of fused-ring (bicyclic) bond motifs is 1. The fourth-order valence-corrected chi connectivity index (χ4v) is 2.06. The average molecular weight is 259 g/mol. The first-order valence-corrected chi connectivity index (χ1v) is 6.87.